The number of benzene rings is 2. The Morgan fingerprint density at radius 3 is 2.23 bits per heavy atom. The highest BCUT2D eigenvalue weighted by Gasteiger charge is 2.34. The molecule has 0 radical (unpaired) electrons. The van der Waals surface area contributed by atoms with Crippen LogP contribution in [0.5, 0.6) is 0 Å². The van der Waals surface area contributed by atoms with E-state index < -0.39 is 5.41 Å². The number of hydrogen-bond donors (Lipinski definition) is 0. The molecule has 2 aromatic carbocycles. The number of rotatable bonds is 5. The first-order valence-corrected chi connectivity index (χ1v) is 13.2. The van der Waals surface area contributed by atoms with Crippen molar-refractivity contribution in [3.63, 3.8) is 0 Å². The molecule has 5 rings (SSSR count). The van der Waals surface area contributed by atoms with Gasteiger partial charge < -0.3 is 4.90 Å². The molecule has 0 saturated carbocycles. The van der Waals surface area contributed by atoms with E-state index >= 15 is 0 Å². The summed E-state index contributed by atoms with van der Waals surface area (Å²) in [6.07, 6.45) is 0. The number of halogens is 2. The fraction of sp³-hybridized carbons (Fsp3) is 0.360. The minimum Gasteiger partial charge on any atom is -0.335 e. The van der Waals surface area contributed by atoms with Crippen molar-refractivity contribution < 1.29 is 4.79 Å². The lowest BCUT2D eigenvalue weighted by Gasteiger charge is -2.35. The van der Waals surface area contributed by atoms with Crippen LogP contribution < -0.4 is 0 Å². The van der Waals surface area contributed by atoms with Crippen LogP contribution in [0.2, 0.25) is 10.0 Å². The van der Waals surface area contributed by atoms with Crippen LogP contribution in [0.15, 0.2) is 58.8 Å². The molecule has 0 atom stereocenters. The van der Waals surface area contributed by atoms with Crippen molar-refractivity contribution in [2.75, 3.05) is 31.9 Å². The third kappa shape index (κ3) is 5.11. The maximum Gasteiger partial charge on any atom is 0.271 e. The lowest BCUT2D eigenvalue weighted by molar-refractivity contribution is -0.125. The average molecular weight is 529 g/mol. The smallest absolute Gasteiger partial charge is 0.271 e. The normalized spacial score (nSPS) is 16.7. The maximum absolute atomic E-state index is 13.3. The van der Waals surface area contributed by atoms with E-state index in [-0.39, 0.29) is 5.91 Å². The van der Waals surface area contributed by atoms with Gasteiger partial charge >= 0.3 is 0 Å². The monoisotopic (exact) mass is 528 g/mol. The maximum atomic E-state index is 13.3. The van der Waals surface area contributed by atoms with Gasteiger partial charge in [0.15, 0.2) is 5.82 Å². The first kappa shape index (κ1) is 24.3. The molecule has 35 heavy (non-hydrogen) atoms. The molecule has 3 aromatic rings. The lowest BCUT2D eigenvalue weighted by Crippen LogP contribution is -2.50. The summed E-state index contributed by atoms with van der Waals surface area (Å²) in [5, 5.41) is 15.6. The van der Waals surface area contributed by atoms with Gasteiger partial charge in [0.1, 0.15) is 5.71 Å². The Balaban J connectivity index is 1.29. The molecule has 1 saturated heterocycles. The van der Waals surface area contributed by atoms with Crippen LogP contribution in [-0.4, -0.2) is 68.2 Å². The number of thioether (sulfide) groups is 1. The van der Waals surface area contributed by atoms with Crippen molar-refractivity contribution >= 4 is 46.6 Å². The summed E-state index contributed by atoms with van der Waals surface area (Å²) in [7, 11) is 0. The zero-order valence-corrected chi connectivity index (χ0v) is 21.9. The lowest BCUT2D eigenvalue weighted by atomic mass is 9.84. The molecule has 1 amide bonds. The number of piperazine rings is 1. The number of fused-ring (bicyclic) bond motifs is 1. The third-order valence-corrected chi connectivity index (χ3v) is 7.96. The molecule has 182 valence electrons. The molecule has 0 unspecified atom stereocenters. The number of carbonyl (C=O) groups is 1. The van der Waals surface area contributed by atoms with Crippen LogP contribution in [0.25, 0.3) is 0 Å². The molecule has 0 N–H and O–H groups in total. The Morgan fingerprint density at radius 1 is 0.943 bits per heavy atom. The van der Waals surface area contributed by atoms with E-state index in [0.717, 1.165) is 30.2 Å². The predicted molar refractivity (Wildman–Crippen MR) is 140 cm³/mol. The summed E-state index contributed by atoms with van der Waals surface area (Å²) in [5.41, 5.74) is 2.34. The van der Waals surface area contributed by atoms with Crippen molar-refractivity contribution in [2.45, 2.75) is 31.0 Å². The molecule has 1 aromatic heterocycles. The molecule has 10 heteroatoms. The molecule has 0 bridgehead atoms. The Hall–Kier alpha value is -2.39. The molecule has 2 aliphatic rings. The van der Waals surface area contributed by atoms with Gasteiger partial charge in [0.05, 0.1) is 11.2 Å². The SMILES string of the molecule is CC(C)(c1ccc(Cl)cc1)c1nnc2n1N=C(C(=O)N1CCN(Cc3ccc(Cl)cc3)CC1)CS2. The van der Waals surface area contributed by atoms with Gasteiger partial charge in [-0.05, 0) is 49.2 Å². The van der Waals surface area contributed by atoms with Gasteiger partial charge in [0.2, 0.25) is 5.16 Å². The van der Waals surface area contributed by atoms with E-state index in [9.17, 15) is 4.79 Å². The van der Waals surface area contributed by atoms with E-state index in [2.05, 4.69) is 28.9 Å². The number of amides is 1. The van der Waals surface area contributed by atoms with Crippen LogP contribution in [0, 0.1) is 0 Å². The van der Waals surface area contributed by atoms with E-state index in [1.54, 1.807) is 4.68 Å². The van der Waals surface area contributed by atoms with Crippen molar-refractivity contribution in [3.05, 3.63) is 75.5 Å². The van der Waals surface area contributed by atoms with E-state index in [4.69, 9.17) is 28.3 Å². The van der Waals surface area contributed by atoms with Crippen LogP contribution in [0.1, 0.15) is 30.8 Å². The molecular formula is C25H26Cl2N6OS. The van der Waals surface area contributed by atoms with Crippen molar-refractivity contribution in [1.82, 2.24) is 24.7 Å². The van der Waals surface area contributed by atoms with Gasteiger partial charge in [-0.15, -0.1) is 10.2 Å². The fourth-order valence-corrected chi connectivity index (χ4v) is 5.40. The molecular weight excluding hydrogens is 503 g/mol. The minimum absolute atomic E-state index is 0.0155. The first-order chi connectivity index (χ1) is 16.8. The molecule has 1 fully saturated rings. The summed E-state index contributed by atoms with van der Waals surface area (Å²) in [4.78, 5) is 17.6. The number of hydrogen-bond acceptors (Lipinski definition) is 6. The Kier molecular flexibility index (Phi) is 6.90. The largest absolute Gasteiger partial charge is 0.335 e. The Labute approximate surface area is 219 Å². The van der Waals surface area contributed by atoms with E-state index in [1.165, 1.54) is 17.3 Å². The second-order valence-electron chi connectivity index (χ2n) is 9.28. The fourth-order valence-electron chi connectivity index (χ4n) is 4.36. The van der Waals surface area contributed by atoms with Crippen molar-refractivity contribution in [2.24, 2.45) is 5.10 Å². The summed E-state index contributed by atoms with van der Waals surface area (Å²) < 4.78 is 1.73. The minimum atomic E-state index is -0.460. The molecule has 3 heterocycles. The highest BCUT2D eigenvalue weighted by molar-refractivity contribution is 8.00. The zero-order valence-electron chi connectivity index (χ0n) is 19.6. The van der Waals surface area contributed by atoms with Gasteiger partial charge in [-0.25, -0.2) is 0 Å². The molecule has 7 nitrogen and oxygen atoms in total. The second kappa shape index (κ2) is 9.93. The van der Waals surface area contributed by atoms with Gasteiger partial charge in [-0.1, -0.05) is 59.2 Å². The molecule has 2 aliphatic heterocycles. The van der Waals surface area contributed by atoms with Crippen LogP contribution in [0.4, 0.5) is 0 Å². The Morgan fingerprint density at radius 2 is 1.57 bits per heavy atom. The van der Waals surface area contributed by atoms with Gasteiger partial charge in [-0.3, -0.25) is 9.69 Å². The topological polar surface area (TPSA) is 66.6 Å². The van der Waals surface area contributed by atoms with Gasteiger partial charge in [0, 0.05) is 42.8 Å². The van der Waals surface area contributed by atoms with Crippen LogP contribution >= 0.6 is 35.0 Å². The third-order valence-electron chi connectivity index (χ3n) is 6.52. The van der Waals surface area contributed by atoms with E-state index in [1.807, 2.05) is 53.4 Å². The summed E-state index contributed by atoms with van der Waals surface area (Å²) >= 11 is 13.6. The standard InChI is InChI=1S/C25H26Cl2N6OS/c1-25(2,18-5-9-20(27)10-6-18)23-28-29-24-33(23)30-21(16-35-24)22(34)32-13-11-31(12-14-32)15-17-3-7-19(26)8-4-17/h3-10H,11-16H2,1-2H3. The van der Waals surface area contributed by atoms with Crippen LogP contribution in [0.3, 0.4) is 0 Å². The molecule has 0 spiro atoms. The van der Waals surface area contributed by atoms with Gasteiger partial charge in [-0.2, -0.15) is 9.78 Å². The first-order valence-electron chi connectivity index (χ1n) is 11.5. The zero-order chi connectivity index (χ0) is 24.6. The van der Waals surface area contributed by atoms with Crippen molar-refractivity contribution in [1.29, 1.82) is 0 Å². The summed E-state index contributed by atoms with van der Waals surface area (Å²) in [6.45, 7) is 7.99. The highest BCUT2D eigenvalue weighted by atomic mass is 35.5. The second-order valence-corrected chi connectivity index (χ2v) is 11.1. The predicted octanol–water partition coefficient (Wildman–Crippen LogP) is 4.57. The summed E-state index contributed by atoms with van der Waals surface area (Å²) in [5.74, 6) is 1.17. The number of carbonyl (C=O) groups excluding carboxylic acids is 1. The van der Waals surface area contributed by atoms with Crippen molar-refractivity contribution in [3.8, 4) is 0 Å². The highest BCUT2D eigenvalue weighted by Crippen LogP contribution is 2.34. The van der Waals surface area contributed by atoms with E-state index in [0.29, 0.717) is 40.6 Å². The average Bonchev–Trinajstić information content (AvgIpc) is 3.30. The Bertz CT molecular complexity index is 1250. The quantitative estimate of drug-likeness (QED) is 0.485. The molecule has 0 aliphatic carbocycles. The van der Waals surface area contributed by atoms with Gasteiger partial charge in [0.25, 0.3) is 5.91 Å². The van der Waals surface area contributed by atoms with Crippen LogP contribution in [-0.2, 0) is 16.8 Å². The summed E-state index contributed by atoms with van der Waals surface area (Å²) in [6, 6.07) is 15.6. The number of nitrogens with zero attached hydrogens (tertiary/aromatic N) is 6. The number of aromatic nitrogens is 3.